The maximum absolute atomic E-state index is 10.1. The number of hydrogen-bond donors (Lipinski definition) is 2. The Morgan fingerprint density at radius 2 is 0.571 bits per heavy atom. The summed E-state index contributed by atoms with van der Waals surface area (Å²) in [5.41, 5.74) is 3.36. The highest BCUT2D eigenvalue weighted by Crippen LogP contribution is 2.15. The Balaban J connectivity index is 3.55. The van der Waals surface area contributed by atoms with Gasteiger partial charge in [0.1, 0.15) is 6.23 Å². The number of unbranched alkanes of at least 4 members (excludes halogenated alkanes) is 30. The van der Waals surface area contributed by atoms with Crippen LogP contribution in [0, 0.1) is 0 Å². The second kappa shape index (κ2) is 37.1. The van der Waals surface area contributed by atoms with Crippen LogP contribution in [0.15, 0.2) is 0 Å². The third kappa shape index (κ3) is 34.4. The van der Waals surface area contributed by atoms with E-state index < -0.39 is 6.23 Å². The third-order valence-electron chi connectivity index (χ3n) is 9.28. The molecule has 0 saturated carbocycles. The highest BCUT2D eigenvalue weighted by molar-refractivity contribution is 4.58. The lowest BCUT2D eigenvalue weighted by Crippen LogP contribution is -2.45. The number of aliphatic hydroxyl groups excluding tert-OH is 1. The Labute approximate surface area is 267 Å². The van der Waals surface area contributed by atoms with Gasteiger partial charge in [-0.3, -0.25) is 0 Å². The van der Waals surface area contributed by atoms with Crippen molar-refractivity contribution in [2.45, 2.75) is 239 Å². The molecule has 0 aliphatic heterocycles. The molecule has 0 spiro atoms. The van der Waals surface area contributed by atoms with Gasteiger partial charge in [0.2, 0.25) is 0 Å². The van der Waals surface area contributed by atoms with Crippen molar-refractivity contribution in [1.82, 2.24) is 10.4 Å². The van der Waals surface area contributed by atoms with E-state index in [0.717, 1.165) is 19.5 Å². The van der Waals surface area contributed by atoms with Crippen molar-refractivity contribution in [3.8, 4) is 0 Å². The summed E-state index contributed by atoms with van der Waals surface area (Å²) in [6.45, 7) is 8.81. The Bertz CT molecular complexity index is 435. The van der Waals surface area contributed by atoms with Crippen LogP contribution in [0.2, 0.25) is 0 Å². The fourth-order valence-electron chi connectivity index (χ4n) is 6.24. The van der Waals surface area contributed by atoms with Crippen LogP contribution in [0.5, 0.6) is 0 Å². The molecule has 0 aliphatic rings. The van der Waals surface area contributed by atoms with Crippen molar-refractivity contribution in [3.05, 3.63) is 0 Å². The summed E-state index contributed by atoms with van der Waals surface area (Å²) in [5, 5.41) is 12.5. The molecular weight excluding hydrogens is 512 g/mol. The highest BCUT2D eigenvalue weighted by Gasteiger charge is 2.08. The van der Waals surface area contributed by atoms with Gasteiger partial charge in [-0.05, 0) is 19.3 Å². The number of rotatable bonds is 37. The standard InChI is InChI=1S/C39H82N2O/c1-4-7-9-11-13-15-17-19-21-23-25-27-29-31-33-35-37-41(40-39(42)6-3)38-36-34-32-30-28-26-24-22-20-18-16-14-12-10-8-5-2/h39-40,42H,4-38H2,1-3H3. The number of hydrazine groups is 1. The van der Waals surface area contributed by atoms with Gasteiger partial charge in [0.15, 0.2) is 0 Å². The van der Waals surface area contributed by atoms with Gasteiger partial charge in [0.25, 0.3) is 0 Å². The van der Waals surface area contributed by atoms with Gasteiger partial charge in [-0.25, -0.2) is 10.4 Å². The molecule has 0 fully saturated rings. The van der Waals surface area contributed by atoms with Crippen LogP contribution in [0.4, 0.5) is 0 Å². The molecule has 0 amide bonds. The molecule has 0 bridgehead atoms. The van der Waals surface area contributed by atoms with Gasteiger partial charge in [-0.1, -0.05) is 213 Å². The van der Waals surface area contributed by atoms with Crippen LogP contribution >= 0.6 is 0 Å². The van der Waals surface area contributed by atoms with Crippen molar-refractivity contribution in [2.24, 2.45) is 0 Å². The maximum Gasteiger partial charge on any atom is 0.117 e. The number of aliphatic hydroxyl groups is 1. The normalized spacial score (nSPS) is 12.5. The van der Waals surface area contributed by atoms with Gasteiger partial charge < -0.3 is 5.11 Å². The van der Waals surface area contributed by atoms with E-state index in [0.29, 0.717) is 0 Å². The zero-order valence-electron chi connectivity index (χ0n) is 29.7. The SMILES string of the molecule is CCCCCCCCCCCCCCCCCCN(CCCCCCCCCCCCCCCCCC)NC(O)CC. The molecule has 0 aromatic carbocycles. The molecule has 0 aromatic rings. The lowest BCUT2D eigenvalue weighted by Gasteiger charge is -2.26. The van der Waals surface area contributed by atoms with Gasteiger partial charge >= 0.3 is 0 Å². The molecule has 254 valence electrons. The molecule has 42 heavy (non-hydrogen) atoms. The summed E-state index contributed by atoms with van der Waals surface area (Å²) >= 11 is 0. The first-order valence-electron chi connectivity index (χ1n) is 19.9. The quantitative estimate of drug-likeness (QED) is 0.0426. The predicted molar refractivity (Wildman–Crippen MR) is 190 cm³/mol. The summed E-state index contributed by atoms with van der Waals surface area (Å²) in [4.78, 5) is 0. The molecular formula is C39H82N2O. The van der Waals surface area contributed by atoms with Gasteiger partial charge in [0.05, 0.1) is 0 Å². The Kier molecular flexibility index (Phi) is 37.0. The van der Waals surface area contributed by atoms with Crippen LogP contribution in [0.1, 0.15) is 233 Å². The Morgan fingerprint density at radius 1 is 0.357 bits per heavy atom. The van der Waals surface area contributed by atoms with Crippen molar-refractivity contribution in [3.63, 3.8) is 0 Å². The fourth-order valence-corrected chi connectivity index (χ4v) is 6.24. The maximum atomic E-state index is 10.1. The fraction of sp³-hybridized carbons (Fsp3) is 1.00. The van der Waals surface area contributed by atoms with Crippen molar-refractivity contribution < 1.29 is 5.11 Å². The van der Waals surface area contributed by atoms with Crippen LogP contribution < -0.4 is 5.43 Å². The summed E-state index contributed by atoms with van der Waals surface area (Å²) in [5.74, 6) is 0. The van der Waals surface area contributed by atoms with Crippen LogP contribution in [0.25, 0.3) is 0 Å². The summed E-state index contributed by atoms with van der Waals surface area (Å²) < 4.78 is 0. The summed E-state index contributed by atoms with van der Waals surface area (Å²) in [6, 6.07) is 0. The topological polar surface area (TPSA) is 35.5 Å². The molecule has 0 aliphatic carbocycles. The smallest absolute Gasteiger partial charge is 0.117 e. The van der Waals surface area contributed by atoms with Gasteiger partial charge in [0, 0.05) is 13.1 Å². The molecule has 1 atom stereocenters. The molecule has 0 saturated heterocycles. The summed E-state index contributed by atoms with van der Waals surface area (Å²) in [7, 11) is 0. The lowest BCUT2D eigenvalue weighted by molar-refractivity contribution is 0.0302. The second-order valence-corrected chi connectivity index (χ2v) is 13.6. The molecule has 3 nitrogen and oxygen atoms in total. The predicted octanol–water partition coefficient (Wildman–Crippen LogP) is 13.0. The minimum atomic E-state index is -0.396. The van der Waals surface area contributed by atoms with E-state index in [-0.39, 0.29) is 0 Å². The monoisotopic (exact) mass is 595 g/mol. The first-order valence-corrected chi connectivity index (χ1v) is 19.9. The molecule has 0 heterocycles. The van der Waals surface area contributed by atoms with E-state index in [1.54, 1.807) is 0 Å². The van der Waals surface area contributed by atoms with Crippen molar-refractivity contribution in [2.75, 3.05) is 13.1 Å². The van der Waals surface area contributed by atoms with E-state index in [1.165, 1.54) is 205 Å². The van der Waals surface area contributed by atoms with Crippen LogP contribution in [-0.4, -0.2) is 29.4 Å². The average molecular weight is 595 g/mol. The number of nitrogens with one attached hydrogen (secondary N) is 1. The minimum Gasteiger partial charge on any atom is -0.377 e. The zero-order chi connectivity index (χ0) is 30.6. The molecule has 3 heteroatoms. The third-order valence-corrected chi connectivity index (χ3v) is 9.28. The second-order valence-electron chi connectivity index (χ2n) is 13.6. The van der Waals surface area contributed by atoms with E-state index in [9.17, 15) is 5.11 Å². The molecule has 0 aromatic heterocycles. The van der Waals surface area contributed by atoms with Gasteiger partial charge in [-0.2, -0.15) is 0 Å². The first kappa shape index (κ1) is 41.9. The number of nitrogens with zero attached hydrogens (tertiary/aromatic N) is 1. The lowest BCUT2D eigenvalue weighted by atomic mass is 10.0. The average Bonchev–Trinajstić information content (AvgIpc) is 3.00. The van der Waals surface area contributed by atoms with Crippen molar-refractivity contribution >= 4 is 0 Å². The number of hydrogen-bond acceptors (Lipinski definition) is 3. The molecule has 2 N–H and O–H groups in total. The molecule has 0 radical (unpaired) electrons. The van der Waals surface area contributed by atoms with E-state index in [2.05, 4.69) is 31.2 Å². The summed E-state index contributed by atoms with van der Waals surface area (Å²) in [6.07, 6.45) is 45.7. The van der Waals surface area contributed by atoms with E-state index in [4.69, 9.17) is 0 Å². The largest absolute Gasteiger partial charge is 0.377 e. The van der Waals surface area contributed by atoms with Crippen LogP contribution in [-0.2, 0) is 0 Å². The minimum absolute atomic E-state index is 0.396. The first-order chi connectivity index (χ1) is 20.7. The Morgan fingerprint density at radius 3 is 0.786 bits per heavy atom. The molecule has 0 rings (SSSR count). The van der Waals surface area contributed by atoms with E-state index in [1.807, 2.05) is 0 Å². The zero-order valence-corrected chi connectivity index (χ0v) is 29.7. The highest BCUT2D eigenvalue weighted by atomic mass is 16.3. The van der Waals surface area contributed by atoms with Crippen LogP contribution in [0.3, 0.4) is 0 Å². The molecule has 1 unspecified atom stereocenters. The van der Waals surface area contributed by atoms with Crippen molar-refractivity contribution in [1.29, 1.82) is 0 Å². The van der Waals surface area contributed by atoms with E-state index >= 15 is 0 Å². The van der Waals surface area contributed by atoms with Gasteiger partial charge in [-0.15, -0.1) is 0 Å². The Hall–Kier alpha value is -0.120.